The van der Waals surface area contributed by atoms with Crippen molar-refractivity contribution in [1.82, 2.24) is 0 Å². The molecule has 2 aliphatic carbocycles. The molecule has 1 aromatic heterocycles. The van der Waals surface area contributed by atoms with Crippen molar-refractivity contribution >= 4 is 34.1 Å². The minimum Gasteiger partial charge on any atom is -0.481 e. The topological polar surface area (TPSA) is 109 Å². The van der Waals surface area contributed by atoms with Crippen LogP contribution in [0.1, 0.15) is 59.3 Å². The van der Waals surface area contributed by atoms with Gasteiger partial charge in [-0.2, -0.15) is 0 Å². The normalized spacial score (nSPS) is 23.3. The number of amides is 2. The Morgan fingerprint density at radius 2 is 1.71 bits per heavy atom. The van der Waals surface area contributed by atoms with E-state index in [2.05, 4.69) is 5.32 Å². The molecule has 7 heteroatoms. The average Bonchev–Trinajstić information content (AvgIpc) is 2.92. The van der Waals surface area contributed by atoms with Gasteiger partial charge in [0.15, 0.2) is 0 Å². The van der Waals surface area contributed by atoms with E-state index in [0.29, 0.717) is 23.4 Å². The van der Waals surface area contributed by atoms with Crippen molar-refractivity contribution in [3.8, 4) is 0 Å². The molecule has 6 nitrogen and oxygen atoms in total. The third-order valence-electron chi connectivity index (χ3n) is 5.07. The summed E-state index contributed by atoms with van der Waals surface area (Å²) in [4.78, 5) is 37.0. The largest absolute Gasteiger partial charge is 0.481 e. The number of hydrogen-bond donors (Lipinski definition) is 3. The molecule has 2 atom stereocenters. The van der Waals surface area contributed by atoms with Crippen LogP contribution >= 0.6 is 11.3 Å². The van der Waals surface area contributed by atoms with Crippen LogP contribution in [-0.2, 0) is 22.4 Å². The number of anilines is 1. The van der Waals surface area contributed by atoms with E-state index in [-0.39, 0.29) is 5.91 Å². The van der Waals surface area contributed by atoms with Gasteiger partial charge in [-0.15, -0.1) is 11.3 Å². The zero-order chi connectivity index (χ0) is 17.3. The molecule has 1 saturated carbocycles. The highest BCUT2D eigenvalue weighted by Crippen LogP contribution is 2.39. The van der Waals surface area contributed by atoms with Gasteiger partial charge in [0.05, 0.1) is 17.4 Å². The van der Waals surface area contributed by atoms with E-state index in [4.69, 9.17) is 5.73 Å². The Morgan fingerprint density at radius 3 is 2.38 bits per heavy atom. The van der Waals surface area contributed by atoms with E-state index >= 15 is 0 Å². The Bertz CT molecular complexity index is 682. The maximum absolute atomic E-state index is 12.7. The number of carbonyl (C=O) groups is 3. The number of nitrogens with one attached hydrogen (secondary N) is 1. The quantitative estimate of drug-likeness (QED) is 0.775. The summed E-state index contributed by atoms with van der Waals surface area (Å²) >= 11 is 1.41. The van der Waals surface area contributed by atoms with Crippen molar-refractivity contribution in [1.29, 1.82) is 0 Å². The molecule has 2 amide bonds. The average molecular weight is 350 g/mol. The Labute approximate surface area is 144 Å². The first-order valence-corrected chi connectivity index (χ1v) is 9.28. The van der Waals surface area contributed by atoms with Gasteiger partial charge in [-0.25, -0.2) is 0 Å². The van der Waals surface area contributed by atoms with Crippen LogP contribution in [0.25, 0.3) is 0 Å². The third-order valence-corrected chi connectivity index (χ3v) is 6.28. The number of nitrogens with two attached hydrogens (primary N) is 1. The second-order valence-corrected chi connectivity index (χ2v) is 7.71. The van der Waals surface area contributed by atoms with Crippen LogP contribution in [0, 0.1) is 11.8 Å². The van der Waals surface area contributed by atoms with Crippen molar-refractivity contribution < 1.29 is 19.5 Å². The van der Waals surface area contributed by atoms with Gasteiger partial charge in [0, 0.05) is 4.88 Å². The summed E-state index contributed by atoms with van der Waals surface area (Å²) in [6, 6.07) is 0. The number of rotatable bonds is 4. The van der Waals surface area contributed by atoms with Crippen LogP contribution in [0.3, 0.4) is 0 Å². The minimum atomic E-state index is -0.921. The molecule has 3 rings (SSSR count). The molecule has 4 N–H and O–H groups in total. The molecule has 0 unspecified atom stereocenters. The van der Waals surface area contributed by atoms with Gasteiger partial charge in [-0.3, -0.25) is 14.4 Å². The summed E-state index contributed by atoms with van der Waals surface area (Å²) < 4.78 is 0. The van der Waals surface area contributed by atoms with E-state index in [9.17, 15) is 19.5 Å². The number of aryl methyl sites for hydroxylation is 1. The first-order valence-electron chi connectivity index (χ1n) is 8.47. The number of fused-ring (bicyclic) bond motifs is 1. The lowest BCUT2D eigenvalue weighted by Crippen LogP contribution is -2.36. The summed E-state index contributed by atoms with van der Waals surface area (Å²) in [6.07, 6.45) is 6.57. The Hall–Kier alpha value is -1.89. The number of carbonyl (C=O) groups excluding carboxylic acids is 2. The Kier molecular flexibility index (Phi) is 4.89. The van der Waals surface area contributed by atoms with E-state index in [1.807, 2.05) is 0 Å². The fourth-order valence-corrected chi connectivity index (χ4v) is 5.16. The van der Waals surface area contributed by atoms with E-state index < -0.39 is 23.7 Å². The van der Waals surface area contributed by atoms with Crippen LogP contribution in [0.15, 0.2) is 0 Å². The van der Waals surface area contributed by atoms with Gasteiger partial charge >= 0.3 is 5.97 Å². The molecule has 0 aromatic carbocycles. The monoisotopic (exact) mass is 350 g/mol. The van der Waals surface area contributed by atoms with Crippen molar-refractivity contribution in [3.63, 3.8) is 0 Å². The second-order valence-electron chi connectivity index (χ2n) is 6.60. The smallest absolute Gasteiger partial charge is 0.307 e. The van der Waals surface area contributed by atoms with Gasteiger partial charge < -0.3 is 16.2 Å². The van der Waals surface area contributed by atoms with Crippen molar-refractivity contribution in [3.05, 3.63) is 16.0 Å². The van der Waals surface area contributed by atoms with Gasteiger partial charge in [-0.1, -0.05) is 12.8 Å². The van der Waals surface area contributed by atoms with Crippen molar-refractivity contribution in [2.45, 2.75) is 51.4 Å². The molecule has 2 aliphatic rings. The lowest BCUT2D eigenvalue weighted by molar-refractivity contribution is -0.147. The summed E-state index contributed by atoms with van der Waals surface area (Å²) in [6.45, 7) is 0. The molecule has 0 radical (unpaired) electrons. The molecule has 1 heterocycles. The SMILES string of the molecule is NC(=O)c1c(NC(=O)[C@@H]2CCCC[C@@H]2C(=O)O)sc2c1CCCC2. The maximum Gasteiger partial charge on any atom is 0.307 e. The van der Waals surface area contributed by atoms with Crippen molar-refractivity contribution in [2.24, 2.45) is 17.6 Å². The van der Waals surface area contributed by atoms with Crippen LogP contribution in [-0.4, -0.2) is 22.9 Å². The maximum atomic E-state index is 12.7. The molecule has 24 heavy (non-hydrogen) atoms. The van der Waals surface area contributed by atoms with Crippen LogP contribution in [0.5, 0.6) is 0 Å². The number of thiophene rings is 1. The summed E-state index contributed by atoms with van der Waals surface area (Å²) in [5.41, 5.74) is 6.92. The summed E-state index contributed by atoms with van der Waals surface area (Å²) in [5, 5.41) is 12.7. The highest BCUT2D eigenvalue weighted by molar-refractivity contribution is 7.17. The zero-order valence-electron chi connectivity index (χ0n) is 13.5. The first-order chi connectivity index (χ1) is 11.5. The van der Waals surface area contributed by atoms with Gasteiger partial charge in [0.25, 0.3) is 5.91 Å². The zero-order valence-corrected chi connectivity index (χ0v) is 14.3. The molecule has 0 bridgehead atoms. The van der Waals surface area contributed by atoms with Gasteiger partial charge in [-0.05, 0) is 44.1 Å². The van der Waals surface area contributed by atoms with Crippen LogP contribution in [0.2, 0.25) is 0 Å². The number of carboxylic acids is 1. The number of primary amides is 1. The van der Waals surface area contributed by atoms with E-state index in [0.717, 1.165) is 49.0 Å². The van der Waals surface area contributed by atoms with Crippen LogP contribution in [0.4, 0.5) is 5.00 Å². The Balaban J connectivity index is 1.85. The number of aliphatic carboxylic acids is 1. The molecule has 0 saturated heterocycles. The van der Waals surface area contributed by atoms with Gasteiger partial charge in [0.1, 0.15) is 5.00 Å². The summed E-state index contributed by atoms with van der Waals surface area (Å²) in [7, 11) is 0. The van der Waals surface area contributed by atoms with Gasteiger partial charge in [0.2, 0.25) is 5.91 Å². The molecular weight excluding hydrogens is 328 g/mol. The van der Waals surface area contributed by atoms with E-state index in [1.54, 1.807) is 0 Å². The second kappa shape index (κ2) is 6.93. The number of carboxylic acid groups (broad SMARTS) is 1. The lowest BCUT2D eigenvalue weighted by atomic mass is 9.78. The predicted molar refractivity (Wildman–Crippen MR) is 91.2 cm³/mol. The molecule has 1 aromatic rings. The molecular formula is C17H22N2O4S. The fraction of sp³-hybridized carbons (Fsp3) is 0.588. The molecule has 1 fully saturated rings. The third kappa shape index (κ3) is 3.17. The highest BCUT2D eigenvalue weighted by atomic mass is 32.1. The predicted octanol–water partition coefficient (Wildman–Crippen LogP) is 2.56. The lowest BCUT2D eigenvalue weighted by Gasteiger charge is -2.27. The minimum absolute atomic E-state index is 0.303. The summed E-state index contributed by atoms with van der Waals surface area (Å²) in [5.74, 6) is -2.94. The molecule has 130 valence electrons. The van der Waals surface area contributed by atoms with E-state index in [1.165, 1.54) is 11.3 Å². The molecule has 0 spiro atoms. The van der Waals surface area contributed by atoms with Crippen molar-refractivity contribution in [2.75, 3.05) is 5.32 Å². The van der Waals surface area contributed by atoms with Crippen LogP contribution < -0.4 is 11.1 Å². The molecule has 0 aliphatic heterocycles. The Morgan fingerprint density at radius 1 is 1.04 bits per heavy atom. The standard InChI is InChI=1S/C17H22N2O4S/c18-14(20)13-11-7-3-4-8-12(11)24-16(13)19-15(21)9-5-1-2-6-10(9)17(22)23/h9-10H,1-8H2,(H2,18,20)(H,19,21)(H,22,23)/t9-,10+/m1/s1. The fourth-order valence-electron chi connectivity index (χ4n) is 3.86. The number of hydrogen-bond acceptors (Lipinski definition) is 4. The first kappa shape index (κ1) is 17.0. The highest BCUT2D eigenvalue weighted by Gasteiger charge is 2.36.